The third-order valence-electron chi connectivity index (χ3n) is 5.00. The van der Waals surface area contributed by atoms with Gasteiger partial charge in [-0.25, -0.2) is 4.39 Å². The highest BCUT2D eigenvalue weighted by Crippen LogP contribution is 2.31. The van der Waals surface area contributed by atoms with Crippen molar-refractivity contribution in [2.24, 2.45) is 0 Å². The summed E-state index contributed by atoms with van der Waals surface area (Å²) in [5.41, 5.74) is 6.10. The molecule has 1 aliphatic rings. The van der Waals surface area contributed by atoms with Crippen LogP contribution in [-0.2, 0) is 25.9 Å². The van der Waals surface area contributed by atoms with Gasteiger partial charge >= 0.3 is 0 Å². The number of nitrogens with zero attached hydrogens (tertiary/aromatic N) is 3. The lowest BCUT2D eigenvalue weighted by Crippen LogP contribution is -2.27. The van der Waals surface area contributed by atoms with Crippen molar-refractivity contribution in [3.8, 4) is 0 Å². The Hall–Kier alpha value is -1.91. The van der Waals surface area contributed by atoms with Crippen LogP contribution in [0.25, 0.3) is 10.9 Å². The second-order valence-corrected chi connectivity index (χ2v) is 6.78. The first kappa shape index (κ1) is 17.9. The maximum absolute atomic E-state index is 13.8. The van der Waals surface area contributed by atoms with E-state index < -0.39 is 0 Å². The minimum absolute atomic E-state index is 0. The molecule has 0 saturated heterocycles. The highest BCUT2D eigenvalue weighted by molar-refractivity contribution is 5.86. The van der Waals surface area contributed by atoms with Gasteiger partial charge in [0.15, 0.2) is 0 Å². The zero-order valence-electron chi connectivity index (χ0n) is 14.6. The van der Waals surface area contributed by atoms with E-state index in [1.54, 1.807) is 12.1 Å². The Morgan fingerprint density at radius 3 is 2.80 bits per heavy atom. The molecule has 0 saturated carbocycles. The maximum Gasteiger partial charge on any atom is 0.123 e. The molecule has 1 aliphatic heterocycles. The van der Waals surface area contributed by atoms with Gasteiger partial charge in [-0.3, -0.25) is 4.98 Å². The van der Waals surface area contributed by atoms with Gasteiger partial charge in [0.05, 0.1) is 0 Å². The predicted octanol–water partition coefficient (Wildman–Crippen LogP) is 4.14. The van der Waals surface area contributed by atoms with E-state index in [1.165, 1.54) is 16.8 Å². The number of hydrogen-bond acceptors (Lipinski definition) is 2. The van der Waals surface area contributed by atoms with Crippen LogP contribution in [0.3, 0.4) is 0 Å². The fraction of sp³-hybridized carbons (Fsp3) is 0.350. The third kappa shape index (κ3) is 3.42. The van der Waals surface area contributed by atoms with Gasteiger partial charge in [0.25, 0.3) is 0 Å². The molecule has 2 aromatic heterocycles. The fourth-order valence-corrected chi connectivity index (χ4v) is 3.70. The summed E-state index contributed by atoms with van der Waals surface area (Å²) >= 11 is 0. The summed E-state index contributed by atoms with van der Waals surface area (Å²) in [4.78, 5) is 6.69. The average molecular weight is 360 g/mol. The molecule has 3 aromatic rings. The summed E-state index contributed by atoms with van der Waals surface area (Å²) in [5, 5.41) is 1.07. The topological polar surface area (TPSA) is 21.1 Å². The number of hydrogen-bond donors (Lipinski definition) is 0. The van der Waals surface area contributed by atoms with Crippen molar-refractivity contribution in [3.63, 3.8) is 0 Å². The number of fused-ring (bicyclic) bond motifs is 3. The molecule has 4 rings (SSSR count). The molecule has 3 nitrogen and oxygen atoms in total. The van der Waals surface area contributed by atoms with Crippen LogP contribution in [0.15, 0.2) is 36.5 Å². The van der Waals surface area contributed by atoms with E-state index in [2.05, 4.69) is 33.6 Å². The van der Waals surface area contributed by atoms with Crippen LogP contribution in [0.5, 0.6) is 0 Å². The molecule has 0 bridgehead atoms. The van der Waals surface area contributed by atoms with Gasteiger partial charge in [0.2, 0.25) is 0 Å². The van der Waals surface area contributed by atoms with Gasteiger partial charge < -0.3 is 9.47 Å². The van der Waals surface area contributed by atoms with Crippen molar-refractivity contribution in [2.75, 3.05) is 13.6 Å². The summed E-state index contributed by atoms with van der Waals surface area (Å²) in [6.07, 6.45) is 3.92. The Bertz CT molecular complexity index is 886. The van der Waals surface area contributed by atoms with Crippen molar-refractivity contribution >= 4 is 23.3 Å². The number of halogens is 2. The molecule has 25 heavy (non-hydrogen) atoms. The zero-order chi connectivity index (χ0) is 16.7. The Morgan fingerprint density at radius 1 is 1.20 bits per heavy atom. The molecule has 0 amide bonds. The van der Waals surface area contributed by atoms with Crippen molar-refractivity contribution in [1.82, 2.24) is 14.5 Å². The maximum atomic E-state index is 13.8. The Kier molecular flexibility index (Phi) is 5.11. The summed E-state index contributed by atoms with van der Waals surface area (Å²) in [6, 6.07) is 9.39. The average Bonchev–Trinajstić information content (AvgIpc) is 2.87. The van der Waals surface area contributed by atoms with Crippen LogP contribution in [0, 0.1) is 12.7 Å². The summed E-state index contributed by atoms with van der Waals surface area (Å²) < 4.78 is 16.2. The monoisotopic (exact) mass is 359 g/mol. The molecule has 0 unspecified atom stereocenters. The Labute approximate surface area is 153 Å². The van der Waals surface area contributed by atoms with Gasteiger partial charge in [0.1, 0.15) is 5.82 Å². The molecular formula is C20H23ClFN3. The van der Waals surface area contributed by atoms with E-state index in [-0.39, 0.29) is 18.2 Å². The second-order valence-electron chi connectivity index (χ2n) is 6.78. The first-order valence-electron chi connectivity index (χ1n) is 8.51. The van der Waals surface area contributed by atoms with E-state index in [1.807, 2.05) is 19.2 Å². The number of likely N-dealkylation sites (N-methyl/N-ethyl adjacent to an activating group) is 1. The largest absolute Gasteiger partial charge is 0.344 e. The molecule has 132 valence electrons. The van der Waals surface area contributed by atoms with E-state index in [9.17, 15) is 4.39 Å². The zero-order valence-corrected chi connectivity index (χ0v) is 15.4. The highest BCUT2D eigenvalue weighted by Gasteiger charge is 2.22. The SMILES string of the molecule is Cc1ccc(CCn2c3c(c4cc(F)ccc42)CN(C)CC3)cn1.Cl. The number of rotatable bonds is 3. The standard InChI is InChI=1S/C20H22FN3.ClH/c1-14-3-4-15(12-22-14)7-10-24-19-6-5-16(21)11-17(19)18-13-23(2)9-8-20(18)24;/h3-6,11-12H,7-10,13H2,1-2H3;1H. The first-order chi connectivity index (χ1) is 11.6. The van der Waals surface area contributed by atoms with Gasteiger partial charge in [-0.05, 0) is 55.8 Å². The first-order valence-corrected chi connectivity index (χ1v) is 8.51. The van der Waals surface area contributed by atoms with Crippen LogP contribution < -0.4 is 0 Å². The smallest absolute Gasteiger partial charge is 0.123 e. The van der Waals surface area contributed by atoms with Crippen LogP contribution in [0.1, 0.15) is 22.5 Å². The third-order valence-corrected chi connectivity index (χ3v) is 5.00. The molecule has 5 heteroatoms. The van der Waals surface area contributed by atoms with E-state index >= 15 is 0 Å². The number of benzene rings is 1. The molecule has 0 atom stereocenters. The lowest BCUT2D eigenvalue weighted by Gasteiger charge is -2.24. The molecule has 0 aliphatic carbocycles. The summed E-state index contributed by atoms with van der Waals surface area (Å²) in [7, 11) is 2.13. The van der Waals surface area contributed by atoms with Crippen molar-refractivity contribution in [2.45, 2.75) is 32.9 Å². The van der Waals surface area contributed by atoms with E-state index in [4.69, 9.17) is 0 Å². The normalized spacial score (nSPS) is 14.4. The number of aryl methyl sites for hydroxylation is 3. The Morgan fingerprint density at radius 2 is 2.04 bits per heavy atom. The van der Waals surface area contributed by atoms with E-state index in [0.29, 0.717) is 0 Å². The van der Waals surface area contributed by atoms with Gasteiger partial charge in [0, 0.05) is 54.5 Å². The molecule has 1 aromatic carbocycles. The predicted molar refractivity (Wildman–Crippen MR) is 102 cm³/mol. The minimum atomic E-state index is -0.154. The van der Waals surface area contributed by atoms with Gasteiger partial charge in [-0.2, -0.15) is 0 Å². The van der Waals surface area contributed by atoms with Crippen LogP contribution in [-0.4, -0.2) is 28.0 Å². The lowest BCUT2D eigenvalue weighted by molar-refractivity contribution is 0.309. The minimum Gasteiger partial charge on any atom is -0.344 e. The molecule has 0 N–H and O–H groups in total. The second kappa shape index (κ2) is 7.14. The summed E-state index contributed by atoms with van der Waals surface area (Å²) in [5.74, 6) is -0.154. The lowest BCUT2D eigenvalue weighted by atomic mass is 10.0. The van der Waals surface area contributed by atoms with Crippen LogP contribution in [0.4, 0.5) is 4.39 Å². The van der Waals surface area contributed by atoms with Crippen LogP contribution in [0.2, 0.25) is 0 Å². The van der Waals surface area contributed by atoms with Crippen molar-refractivity contribution in [3.05, 3.63) is 64.9 Å². The Balaban J connectivity index is 0.00000182. The van der Waals surface area contributed by atoms with Crippen LogP contribution >= 0.6 is 12.4 Å². The number of pyridine rings is 1. The molecule has 0 fully saturated rings. The van der Waals surface area contributed by atoms with Crippen molar-refractivity contribution < 1.29 is 4.39 Å². The van der Waals surface area contributed by atoms with Gasteiger partial charge in [-0.15, -0.1) is 12.4 Å². The summed E-state index contributed by atoms with van der Waals surface area (Å²) in [6.45, 7) is 4.86. The van der Waals surface area contributed by atoms with Crippen molar-refractivity contribution in [1.29, 1.82) is 0 Å². The molecule has 0 spiro atoms. The van der Waals surface area contributed by atoms with E-state index in [0.717, 1.165) is 49.1 Å². The quantitative estimate of drug-likeness (QED) is 0.701. The highest BCUT2D eigenvalue weighted by atomic mass is 35.5. The molecule has 0 radical (unpaired) electrons. The molecular weight excluding hydrogens is 337 g/mol. The number of aromatic nitrogens is 2. The molecule has 3 heterocycles. The fourth-order valence-electron chi connectivity index (χ4n) is 3.70. The van der Waals surface area contributed by atoms with Gasteiger partial charge in [-0.1, -0.05) is 6.07 Å².